The highest BCUT2D eigenvalue weighted by Gasteiger charge is 2.31. The molecule has 2 rings (SSSR count). The van der Waals surface area contributed by atoms with E-state index in [1.807, 2.05) is 12.1 Å². The van der Waals surface area contributed by atoms with Gasteiger partial charge < -0.3 is 10.1 Å². The van der Waals surface area contributed by atoms with Crippen molar-refractivity contribution in [2.45, 2.75) is 25.3 Å². The molecule has 86 valence electrons. The van der Waals surface area contributed by atoms with Crippen LogP contribution < -0.4 is 10.1 Å². The van der Waals surface area contributed by atoms with Crippen LogP contribution >= 0.6 is 0 Å². The third-order valence-corrected chi connectivity index (χ3v) is 3.35. The van der Waals surface area contributed by atoms with Crippen molar-refractivity contribution in [3.05, 3.63) is 29.3 Å². The number of hydrogen-bond donors (Lipinski definition) is 1. The smallest absolute Gasteiger partial charge is 0.150 e. The molecule has 3 heteroatoms. The maximum absolute atomic E-state index is 11.1. The highest BCUT2D eigenvalue weighted by Crippen LogP contribution is 2.33. The summed E-state index contributed by atoms with van der Waals surface area (Å²) in [6.07, 6.45) is 3.13. The van der Waals surface area contributed by atoms with Gasteiger partial charge >= 0.3 is 0 Å². The standard InChI is InChI=1S/C13H17NO2/c1-13(6-3-7-14-13)12-5-4-11(16-2)8-10(12)9-15/h4-5,8-9,14H,3,6-7H2,1-2H3. The molecule has 1 aliphatic rings. The highest BCUT2D eigenvalue weighted by molar-refractivity contribution is 5.79. The van der Waals surface area contributed by atoms with Crippen LogP contribution in [0.1, 0.15) is 35.7 Å². The predicted molar refractivity (Wildman–Crippen MR) is 63.0 cm³/mol. The Kier molecular flexibility index (Phi) is 2.97. The molecule has 3 nitrogen and oxygen atoms in total. The molecular formula is C13H17NO2. The van der Waals surface area contributed by atoms with Gasteiger partial charge in [0.2, 0.25) is 0 Å². The maximum atomic E-state index is 11.1. The number of methoxy groups -OCH3 is 1. The molecule has 1 aromatic carbocycles. The van der Waals surface area contributed by atoms with E-state index in [-0.39, 0.29) is 5.54 Å². The van der Waals surface area contributed by atoms with Gasteiger partial charge in [0.1, 0.15) is 5.75 Å². The fourth-order valence-corrected chi connectivity index (χ4v) is 2.39. The molecule has 1 fully saturated rings. The van der Waals surface area contributed by atoms with E-state index in [0.29, 0.717) is 0 Å². The molecule has 1 saturated heterocycles. The summed E-state index contributed by atoms with van der Waals surface area (Å²) in [4.78, 5) is 11.1. The molecule has 0 aromatic heterocycles. The van der Waals surface area contributed by atoms with Gasteiger partial charge in [0.25, 0.3) is 0 Å². The van der Waals surface area contributed by atoms with Crippen molar-refractivity contribution in [2.24, 2.45) is 0 Å². The van der Waals surface area contributed by atoms with Crippen molar-refractivity contribution in [1.29, 1.82) is 0 Å². The summed E-state index contributed by atoms with van der Waals surface area (Å²) in [6.45, 7) is 3.16. The van der Waals surface area contributed by atoms with Crippen molar-refractivity contribution >= 4 is 6.29 Å². The Labute approximate surface area is 95.8 Å². The number of carbonyl (C=O) groups is 1. The van der Waals surface area contributed by atoms with E-state index < -0.39 is 0 Å². The Morgan fingerprint density at radius 1 is 1.50 bits per heavy atom. The van der Waals surface area contributed by atoms with Crippen molar-refractivity contribution < 1.29 is 9.53 Å². The second-order valence-electron chi connectivity index (χ2n) is 4.43. The maximum Gasteiger partial charge on any atom is 0.150 e. The summed E-state index contributed by atoms with van der Waals surface area (Å²) in [7, 11) is 1.61. The fourth-order valence-electron chi connectivity index (χ4n) is 2.39. The minimum atomic E-state index is -0.0669. The topological polar surface area (TPSA) is 38.3 Å². The van der Waals surface area contributed by atoms with Gasteiger partial charge in [-0.2, -0.15) is 0 Å². The van der Waals surface area contributed by atoms with Crippen LogP contribution in [0.3, 0.4) is 0 Å². The zero-order valence-electron chi connectivity index (χ0n) is 9.75. The summed E-state index contributed by atoms with van der Waals surface area (Å²) in [5, 5.41) is 3.46. The Balaban J connectivity index is 2.43. The number of aldehydes is 1. The molecule has 1 aliphatic heterocycles. The largest absolute Gasteiger partial charge is 0.497 e. The first-order valence-electron chi connectivity index (χ1n) is 5.58. The quantitative estimate of drug-likeness (QED) is 0.791. The Hall–Kier alpha value is -1.35. The van der Waals surface area contributed by atoms with Gasteiger partial charge in [0.05, 0.1) is 7.11 Å². The molecule has 0 amide bonds. The first-order valence-corrected chi connectivity index (χ1v) is 5.58. The van der Waals surface area contributed by atoms with E-state index in [1.165, 1.54) is 0 Å². The molecule has 0 spiro atoms. The van der Waals surface area contributed by atoms with Gasteiger partial charge in [0.15, 0.2) is 6.29 Å². The summed E-state index contributed by atoms with van der Waals surface area (Å²) in [5.41, 5.74) is 1.72. The van der Waals surface area contributed by atoms with E-state index in [4.69, 9.17) is 4.74 Å². The van der Waals surface area contributed by atoms with Crippen molar-refractivity contribution in [1.82, 2.24) is 5.32 Å². The van der Waals surface area contributed by atoms with Crippen LogP contribution in [0.25, 0.3) is 0 Å². The van der Waals surface area contributed by atoms with Gasteiger partial charge in [0, 0.05) is 11.1 Å². The zero-order chi connectivity index (χ0) is 11.6. The molecule has 1 N–H and O–H groups in total. The fraction of sp³-hybridized carbons (Fsp3) is 0.462. The second-order valence-corrected chi connectivity index (χ2v) is 4.43. The number of benzene rings is 1. The first kappa shape index (κ1) is 11.1. The second kappa shape index (κ2) is 4.26. The summed E-state index contributed by atoms with van der Waals surface area (Å²) in [6, 6.07) is 5.70. The van der Waals surface area contributed by atoms with E-state index >= 15 is 0 Å². The highest BCUT2D eigenvalue weighted by atomic mass is 16.5. The average Bonchev–Trinajstić information content (AvgIpc) is 2.76. The lowest BCUT2D eigenvalue weighted by molar-refractivity contribution is 0.112. The lowest BCUT2D eigenvalue weighted by Crippen LogP contribution is -2.34. The number of ether oxygens (including phenoxy) is 1. The number of carbonyl (C=O) groups excluding carboxylic acids is 1. The molecule has 0 saturated carbocycles. The summed E-state index contributed by atoms with van der Waals surface area (Å²) < 4.78 is 5.13. The summed E-state index contributed by atoms with van der Waals surface area (Å²) in [5.74, 6) is 0.729. The van der Waals surface area contributed by atoms with Gasteiger partial charge in [-0.05, 0) is 44.0 Å². The van der Waals surface area contributed by atoms with E-state index in [0.717, 1.165) is 42.5 Å². The van der Waals surface area contributed by atoms with Gasteiger partial charge in [-0.15, -0.1) is 0 Å². The van der Waals surface area contributed by atoms with Crippen LogP contribution in [-0.2, 0) is 5.54 Å². The van der Waals surface area contributed by atoms with Crippen molar-refractivity contribution in [3.8, 4) is 5.75 Å². The molecule has 0 radical (unpaired) electrons. The third-order valence-electron chi connectivity index (χ3n) is 3.35. The molecule has 16 heavy (non-hydrogen) atoms. The van der Waals surface area contributed by atoms with Crippen LogP contribution in [0, 0.1) is 0 Å². The lowest BCUT2D eigenvalue weighted by Gasteiger charge is -2.26. The molecule has 0 bridgehead atoms. The number of nitrogens with one attached hydrogen (secondary N) is 1. The Morgan fingerprint density at radius 3 is 2.88 bits per heavy atom. The van der Waals surface area contributed by atoms with Crippen LogP contribution in [-0.4, -0.2) is 19.9 Å². The predicted octanol–water partition coefficient (Wildman–Crippen LogP) is 2.11. The molecule has 1 heterocycles. The first-order chi connectivity index (χ1) is 7.69. The van der Waals surface area contributed by atoms with Gasteiger partial charge in [-0.3, -0.25) is 4.79 Å². The normalized spacial score (nSPS) is 24.4. The Bertz CT molecular complexity index is 395. The molecular weight excluding hydrogens is 202 g/mol. The lowest BCUT2D eigenvalue weighted by atomic mass is 9.87. The summed E-state index contributed by atoms with van der Waals surface area (Å²) >= 11 is 0. The van der Waals surface area contributed by atoms with Gasteiger partial charge in [-0.1, -0.05) is 6.07 Å². The van der Waals surface area contributed by atoms with E-state index in [9.17, 15) is 4.79 Å². The van der Waals surface area contributed by atoms with Crippen LogP contribution in [0.4, 0.5) is 0 Å². The van der Waals surface area contributed by atoms with E-state index in [2.05, 4.69) is 12.2 Å². The molecule has 0 aliphatic carbocycles. The SMILES string of the molecule is COc1ccc(C2(C)CCCN2)c(C=O)c1. The van der Waals surface area contributed by atoms with Crippen LogP contribution in [0.15, 0.2) is 18.2 Å². The van der Waals surface area contributed by atoms with Crippen molar-refractivity contribution in [2.75, 3.05) is 13.7 Å². The van der Waals surface area contributed by atoms with Crippen LogP contribution in [0.2, 0.25) is 0 Å². The van der Waals surface area contributed by atoms with Crippen molar-refractivity contribution in [3.63, 3.8) is 0 Å². The number of hydrogen-bond acceptors (Lipinski definition) is 3. The van der Waals surface area contributed by atoms with Gasteiger partial charge in [-0.25, -0.2) is 0 Å². The zero-order valence-corrected chi connectivity index (χ0v) is 9.75. The van der Waals surface area contributed by atoms with E-state index in [1.54, 1.807) is 13.2 Å². The number of rotatable bonds is 3. The monoisotopic (exact) mass is 219 g/mol. The Morgan fingerprint density at radius 2 is 2.31 bits per heavy atom. The minimum Gasteiger partial charge on any atom is -0.497 e. The molecule has 1 atom stereocenters. The minimum absolute atomic E-state index is 0.0669. The molecule has 1 aromatic rings. The average molecular weight is 219 g/mol. The third kappa shape index (κ3) is 1.83. The van der Waals surface area contributed by atoms with Crippen LogP contribution in [0.5, 0.6) is 5.75 Å². The molecule has 1 unspecified atom stereocenters.